The van der Waals surface area contributed by atoms with Crippen LogP contribution in [0.2, 0.25) is 0 Å². The van der Waals surface area contributed by atoms with Gasteiger partial charge in [0.1, 0.15) is 5.82 Å². The number of nitrogens with two attached hydrogens (primary N) is 1. The first-order valence-corrected chi connectivity index (χ1v) is 6.65. The fraction of sp³-hybridized carbons (Fsp3) is 0.538. The van der Waals surface area contributed by atoms with E-state index in [-0.39, 0.29) is 18.6 Å². The summed E-state index contributed by atoms with van der Waals surface area (Å²) in [6.45, 7) is 2.13. The topological polar surface area (TPSA) is 89.3 Å². The minimum Gasteiger partial charge on any atom is -0.376 e. The van der Waals surface area contributed by atoms with Crippen LogP contribution >= 0.6 is 0 Å². The summed E-state index contributed by atoms with van der Waals surface area (Å²) in [7, 11) is 0. The number of hydrogen-bond acceptors (Lipinski definition) is 5. The highest BCUT2D eigenvalue weighted by Gasteiger charge is 2.17. The zero-order valence-electron chi connectivity index (χ0n) is 11.2. The number of amides is 1. The number of morpholine rings is 1. The third-order valence-corrected chi connectivity index (χ3v) is 3.19. The van der Waals surface area contributed by atoms with Crippen molar-refractivity contribution in [3.05, 3.63) is 23.8 Å². The van der Waals surface area contributed by atoms with E-state index in [1.165, 1.54) is 6.20 Å². The number of nitrogens with one attached hydrogen (secondary N) is 2. The predicted octanol–water partition coefficient (Wildman–Crippen LogP) is 0.0389. The standard InChI is InChI=1S/C13H19FN4O2/c14-11-7-17-8-12(18-13(19)5-15)10(11)2-1-9-6-16-3-4-20-9/h7-9,16H,1-6,15H2,(H,18,19)/t9-/m1/s1. The van der Waals surface area contributed by atoms with Crippen molar-refractivity contribution in [2.45, 2.75) is 18.9 Å². The molecule has 1 fully saturated rings. The van der Waals surface area contributed by atoms with Crippen molar-refractivity contribution in [3.63, 3.8) is 0 Å². The zero-order chi connectivity index (χ0) is 14.4. The fourth-order valence-electron chi connectivity index (χ4n) is 2.14. The van der Waals surface area contributed by atoms with E-state index in [0.717, 1.165) is 19.3 Å². The third-order valence-electron chi connectivity index (χ3n) is 3.19. The molecule has 0 bridgehead atoms. The maximum Gasteiger partial charge on any atom is 0.238 e. The van der Waals surface area contributed by atoms with Gasteiger partial charge in [-0.3, -0.25) is 9.78 Å². The summed E-state index contributed by atoms with van der Waals surface area (Å²) in [6, 6.07) is 0. The number of rotatable bonds is 5. The Kier molecular flexibility index (Phi) is 5.40. The molecule has 7 heteroatoms. The first-order valence-electron chi connectivity index (χ1n) is 6.65. The van der Waals surface area contributed by atoms with Gasteiger partial charge in [0, 0.05) is 18.7 Å². The van der Waals surface area contributed by atoms with Crippen LogP contribution in [0.4, 0.5) is 10.1 Å². The first kappa shape index (κ1) is 14.8. The molecule has 0 aliphatic carbocycles. The molecule has 1 aliphatic rings. The molecule has 0 spiro atoms. The predicted molar refractivity (Wildman–Crippen MR) is 72.8 cm³/mol. The Hall–Kier alpha value is -1.57. The van der Waals surface area contributed by atoms with Gasteiger partial charge in [-0.05, 0) is 12.8 Å². The molecule has 1 aromatic heterocycles. The second-order valence-corrected chi connectivity index (χ2v) is 4.64. The van der Waals surface area contributed by atoms with Crippen LogP contribution in [0.5, 0.6) is 0 Å². The van der Waals surface area contributed by atoms with E-state index in [1.807, 2.05) is 0 Å². The number of anilines is 1. The van der Waals surface area contributed by atoms with Gasteiger partial charge in [-0.25, -0.2) is 4.39 Å². The van der Waals surface area contributed by atoms with Crippen LogP contribution in [0, 0.1) is 5.82 Å². The number of ether oxygens (including phenoxy) is 1. The maximum absolute atomic E-state index is 13.9. The summed E-state index contributed by atoms with van der Waals surface area (Å²) in [6.07, 6.45) is 3.80. The van der Waals surface area contributed by atoms with Gasteiger partial charge in [0.2, 0.25) is 5.91 Å². The zero-order valence-corrected chi connectivity index (χ0v) is 11.2. The summed E-state index contributed by atoms with van der Waals surface area (Å²) >= 11 is 0. The summed E-state index contributed by atoms with van der Waals surface area (Å²) in [5.74, 6) is -0.794. The molecule has 0 unspecified atom stereocenters. The maximum atomic E-state index is 13.9. The highest BCUT2D eigenvalue weighted by atomic mass is 19.1. The number of pyridine rings is 1. The van der Waals surface area contributed by atoms with Crippen LogP contribution in [0.1, 0.15) is 12.0 Å². The number of carbonyl (C=O) groups excluding carboxylic acids is 1. The van der Waals surface area contributed by atoms with E-state index in [9.17, 15) is 9.18 Å². The largest absolute Gasteiger partial charge is 0.376 e. The van der Waals surface area contributed by atoms with Crippen molar-refractivity contribution in [2.75, 3.05) is 31.6 Å². The molecule has 1 aliphatic heterocycles. The molecule has 0 saturated carbocycles. The lowest BCUT2D eigenvalue weighted by atomic mass is 10.1. The van der Waals surface area contributed by atoms with Gasteiger partial charge in [-0.1, -0.05) is 0 Å². The van der Waals surface area contributed by atoms with Crippen LogP contribution < -0.4 is 16.4 Å². The van der Waals surface area contributed by atoms with E-state index in [2.05, 4.69) is 15.6 Å². The second-order valence-electron chi connectivity index (χ2n) is 4.64. The Balaban J connectivity index is 2.02. The first-order chi connectivity index (χ1) is 9.70. The van der Waals surface area contributed by atoms with Gasteiger partial charge < -0.3 is 21.1 Å². The molecule has 1 saturated heterocycles. The molecule has 0 aromatic carbocycles. The Labute approximate surface area is 116 Å². The number of nitrogens with zero attached hydrogens (tertiary/aromatic N) is 1. The van der Waals surface area contributed by atoms with Crippen molar-refractivity contribution in [3.8, 4) is 0 Å². The summed E-state index contributed by atoms with van der Waals surface area (Å²) in [5, 5.41) is 5.79. The van der Waals surface area contributed by atoms with Crippen molar-refractivity contribution >= 4 is 11.6 Å². The van der Waals surface area contributed by atoms with Gasteiger partial charge in [0.15, 0.2) is 0 Å². The van der Waals surface area contributed by atoms with Crippen LogP contribution in [0.15, 0.2) is 12.4 Å². The lowest BCUT2D eigenvalue weighted by molar-refractivity contribution is -0.114. The van der Waals surface area contributed by atoms with E-state index in [4.69, 9.17) is 10.5 Å². The van der Waals surface area contributed by atoms with Crippen molar-refractivity contribution in [1.82, 2.24) is 10.3 Å². The molecule has 20 heavy (non-hydrogen) atoms. The quantitative estimate of drug-likeness (QED) is 0.709. The highest BCUT2D eigenvalue weighted by molar-refractivity contribution is 5.92. The minimum atomic E-state index is -0.427. The molecule has 2 heterocycles. The van der Waals surface area contributed by atoms with E-state index >= 15 is 0 Å². The Morgan fingerprint density at radius 3 is 3.15 bits per heavy atom. The van der Waals surface area contributed by atoms with Crippen molar-refractivity contribution in [1.29, 1.82) is 0 Å². The molecule has 4 N–H and O–H groups in total. The molecular weight excluding hydrogens is 263 g/mol. The van der Waals surface area contributed by atoms with Crippen LogP contribution in [-0.2, 0) is 16.0 Å². The van der Waals surface area contributed by atoms with E-state index < -0.39 is 5.82 Å². The Bertz CT molecular complexity index is 464. The summed E-state index contributed by atoms with van der Waals surface area (Å²) in [5.41, 5.74) is 6.06. The molecule has 6 nitrogen and oxygen atoms in total. The van der Waals surface area contributed by atoms with Crippen molar-refractivity contribution in [2.24, 2.45) is 5.73 Å². The van der Waals surface area contributed by atoms with E-state index in [0.29, 0.717) is 30.7 Å². The van der Waals surface area contributed by atoms with Gasteiger partial charge in [-0.15, -0.1) is 0 Å². The van der Waals surface area contributed by atoms with Gasteiger partial charge in [-0.2, -0.15) is 0 Å². The molecule has 1 atom stereocenters. The second kappa shape index (κ2) is 7.28. The summed E-state index contributed by atoms with van der Waals surface area (Å²) < 4.78 is 19.4. The molecule has 2 rings (SSSR count). The van der Waals surface area contributed by atoms with Crippen LogP contribution in [0.3, 0.4) is 0 Å². The Morgan fingerprint density at radius 2 is 2.45 bits per heavy atom. The average Bonchev–Trinajstić information content (AvgIpc) is 2.47. The van der Waals surface area contributed by atoms with Gasteiger partial charge in [0.05, 0.1) is 37.3 Å². The van der Waals surface area contributed by atoms with Crippen molar-refractivity contribution < 1.29 is 13.9 Å². The SMILES string of the molecule is NCC(=O)Nc1cncc(F)c1CC[C@@H]1CNCCO1. The smallest absolute Gasteiger partial charge is 0.238 e. The summed E-state index contributed by atoms with van der Waals surface area (Å²) in [4.78, 5) is 15.1. The monoisotopic (exact) mass is 282 g/mol. The molecule has 0 radical (unpaired) electrons. The molecule has 110 valence electrons. The van der Waals surface area contributed by atoms with Gasteiger partial charge in [0.25, 0.3) is 0 Å². The minimum absolute atomic E-state index is 0.0642. The lowest BCUT2D eigenvalue weighted by Crippen LogP contribution is -2.38. The normalized spacial score (nSPS) is 18.8. The number of halogens is 1. The number of aromatic nitrogens is 1. The Morgan fingerprint density at radius 1 is 1.60 bits per heavy atom. The number of carbonyl (C=O) groups is 1. The highest BCUT2D eigenvalue weighted by Crippen LogP contribution is 2.20. The average molecular weight is 282 g/mol. The number of hydrogen-bond donors (Lipinski definition) is 3. The van der Waals surface area contributed by atoms with Crippen LogP contribution in [-0.4, -0.2) is 43.2 Å². The lowest BCUT2D eigenvalue weighted by Gasteiger charge is -2.24. The molecule has 1 aromatic rings. The third kappa shape index (κ3) is 3.96. The van der Waals surface area contributed by atoms with Crippen LogP contribution in [0.25, 0.3) is 0 Å². The van der Waals surface area contributed by atoms with Gasteiger partial charge >= 0.3 is 0 Å². The van der Waals surface area contributed by atoms with E-state index in [1.54, 1.807) is 0 Å². The molecule has 1 amide bonds. The molecular formula is C13H19FN4O2. The fourth-order valence-corrected chi connectivity index (χ4v) is 2.14.